The van der Waals surface area contributed by atoms with Crippen molar-refractivity contribution in [2.24, 2.45) is 11.7 Å². The molecule has 0 aliphatic carbocycles. The number of pyridine rings is 1. The third-order valence-corrected chi connectivity index (χ3v) is 3.03. The summed E-state index contributed by atoms with van der Waals surface area (Å²) in [6, 6.07) is 3.75. The van der Waals surface area contributed by atoms with Crippen molar-refractivity contribution in [1.82, 2.24) is 4.98 Å². The number of rotatable bonds is 6. The van der Waals surface area contributed by atoms with E-state index in [1.165, 1.54) is 0 Å². The summed E-state index contributed by atoms with van der Waals surface area (Å²) in [6.07, 6.45) is 1.76. The predicted octanol–water partition coefficient (Wildman–Crippen LogP) is 1.84. The van der Waals surface area contributed by atoms with E-state index in [0.29, 0.717) is 4.99 Å². The summed E-state index contributed by atoms with van der Waals surface area (Å²) in [7, 11) is 1.64. The first kappa shape index (κ1) is 13.7. The fourth-order valence-electron chi connectivity index (χ4n) is 1.56. The lowest BCUT2D eigenvalue weighted by Gasteiger charge is -2.26. The summed E-state index contributed by atoms with van der Waals surface area (Å²) in [5.74, 6) is 1.75. The van der Waals surface area contributed by atoms with E-state index in [-0.39, 0.29) is 5.92 Å². The topological polar surface area (TPSA) is 51.4 Å². The van der Waals surface area contributed by atoms with Crippen molar-refractivity contribution in [2.75, 3.05) is 25.1 Å². The Kier molecular flexibility index (Phi) is 5.15. The van der Waals surface area contributed by atoms with Crippen molar-refractivity contribution in [3.63, 3.8) is 0 Å². The molecular weight excluding hydrogens is 234 g/mol. The average Bonchev–Trinajstić information content (AvgIpc) is 2.35. The summed E-state index contributed by atoms with van der Waals surface area (Å²) in [4.78, 5) is 6.99. The number of hydrogen-bond acceptors (Lipinski definition) is 4. The lowest BCUT2D eigenvalue weighted by atomic mass is 10.1. The molecule has 1 heterocycles. The molecule has 0 bridgehead atoms. The number of thiocarbonyl (C=S) groups is 1. The maximum Gasteiger partial charge on any atom is 0.171 e. The van der Waals surface area contributed by atoms with Crippen molar-refractivity contribution >= 4 is 23.0 Å². The van der Waals surface area contributed by atoms with Crippen LogP contribution < -0.4 is 15.4 Å². The predicted molar refractivity (Wildman–Crippen MR) is 74.6 cm³/mol. The van der Waals surface area contributed by atoms with Crippen LogP contribution in [0.15, 0.2) is 18.3 Å². The zero-order chi connectivity index (χ0) is 12.8. The van der Waals surface area contributed by atoms with E-state index in [1.54, 1.807) is 13.3 Å². The molecule has 1 unspecified atom stereocenters. The number of methoxy groups -OCH3 is 1. The van der Waals surface area contributed by atoms with Crippen LogP contribution in [0.2, 0.25) is 0 Å². The molecule has 0 aliphatic rings. The highest BCUT2D eigenvalue weighted by Gasteiger charge is 2.15. The first-order chi connectivity index (χ1) is 8.10. The minimum absolute atomic E-state index is 0.150. The first-order valence-electron chi connectivity index (χ1n) is 5.63. The van der Waals surface area contributed by atoms with Crippen LogP contribution in [0.3, 0.4) is 0 Å². The SMILES string of the molecule is CCN(CC(C)C(N)=S)c1ncccc1OC. The zero-order valence-electron chi connectivity index (χ0n) is 10.5. The Bertz CT molecular complexity index is 384. The molecule has 1 aromatic heterocycles. The molecule has 0 aliphatic heterocycles. The van der Waals surface area contributed by atoms with E-state index >= 15 is 0 Å². The largest absolute Gasteiger partial charge is 0.493 e. The van der Waals surface area contributed by atoms with Gasteiger partial charge in [-0.05, 0) is 19.1 Å². The first-order valence-corrected chi connectivity index (χ1v) is 6.04. The molecule has 4 nitrogen and oxygen atoms in total. The second kappa shape index (κ2) is 6.39. The molecule has 0 spiro atoms. The normalized spacial score (nSPS) is 11.9. The molecule has 0 saturated carbocycles. The van der Waals surface area contributed by atoms with Crippen LogP contribution in [-0.4, -0.2) is 30.2 Å². The van der Waals surface area contributed by atoms with E-state index in [0.717, 1.165) is 24.7 Å². The van der Waals surface area contributed by atoms with Crippen LogP contribution in [0, 0.1) is 5.92 Å². The van der Waals surface area contributed by atoms with Crippen LogP contribution in [0.25, 0.3) is 0 Å². The number of ether oxygens (including phenoxy) is 1. The molecule has 0 fully saturated rings. The quantitative estimate of drug-likeness (QED) is 0.784. The van der Waals surface area contributed by atoms with E-state index < -0.39 is 0 Å². The Morgan fingerprint density at radius 1 is 1.65 bits per heavy atom. The smallest absolute Gasteiger partial charge is 0.171 e. The molecule has 0 saturated heterocycles. The van der Waals surface area contributed by atoms with Gasteiger partial charge >= 0.3 is 0 Å². The fraction of sp³-hybridized carbons (Fsp3) is 0.500. The Morgan fingerprint density at radius 3 is 2.88 bits per heavy atom. The van der Waals surface area contributed by atoms with E-state index in [4.69, 9.17) is 22.7 Å². The summed E-state index contributed by atoms with van der Waals surface area (Å²) in [5.41, 5.74) is 5.64. The van der Waals surface area contributed by atoms with Gasteiger partial charge in [-0.15, -0.1) is 0 Å². The summed E-state index contributed by atoms with van der Waals surface area (Å²) < 4.78 is 5.30. The fourth-order valence-corrected chi connectivity index (χ4v) is 1.64. The molecule has 1 aromatic rings. The van der Waals surface area contributed by atoms with Crippen molar-refractivity contribution in [3.05, 3.63) is 18.3 Å². The lowest BCUT2D eigenvalue weighted by Crippen LogP contribution is -2.34. The standard InChI is InChI=1S/C12H19N3OS/c1-4-15(8-9(2)11(13)17)12-10(16-3)6-5-7-14-12/h5-7,9H,4,8H2,1-3H3,(H2,13,17). The van der Waals surface area contributed by atoms with Gasteiger partial charge in [0.05, 0.1) is 12.1 Å². The maximum atomic E-state index is 5.64. The van der Waals surface area contributed by atoms with Crippen LogP contribution in [0.5, 0.6) is 5.75 Å². The van der Waals surface area contributed by atoms with Crippen LogP contribution in [0.4, 0.5) is 5.82 Å². The van der Waals surface area contributed by atoms with Gasteiger partial charge in [-0.25, -0.2) is 4.98 Å². The number of anilines is 1. The molecule has 5 heteroatoms. The Hall–Kier alpha value is -1.36. The van der Waals surface area contributed by atoms with Crippen molar-refractivity contribution in [2.45, 2.75) is 13.8 Å². The molecule has 2 N–H and O–H groups in total. The molecule has 0 aromatic carbocycles. The van der Waals surface area contributed by atoms with Gasteiger partial charge in [0.25, 0.3) is 0 Å². The summed E-state index contributed by atoms with van der Waals surface area (Å²) in [6.45, 7) is 5.67. The molecule has 1 atom stereocenters. The Balaban J connectivity index is 2.89. The number of nitrogens with zero attached hydrogens (tertiary/aromatic N) is 2. The molecular formula is C12H19N3OS. The number of hydrogen-bond donors (Lipinski definition) is 1. The van der Waals surface area contributed by atoms with Gasteiger partial charge in [-0.1, -0.05) is 19.1 Å². The van der Waals surface area contributed by atoms with E-state index in [2.05, 4.69) is 16.8 Å². The van der Waals surface area contributed by atoms with Gasteiger partial charge in [0.2, 0.25) is 0 Å². The highest BCUT2D eigenvalue weighted by molar-refractivity contribution is 7.80. The van der Waals surface area contributed by atoms with Crippen LogP contribution >= 0.6 is 12.2 Å². The van der Waals surface area contributed by atoms with Crippen molar-refractivity contribution in [1.29, 1.82) is 0 Å². The highest BCUT2D eigenvalue weighted by Crippen LogP contribution is 2.25. The van der Waals surface area contributed by atoms with Gasteiger partial charge in [-0.3, -0.25) is 0 Å². The van der Waals surface area contributed by atoms with Crippen molar-refractivity contribution < 1.29 is 4.74 Å². The van der Waals surface area contributed by atoms with Crippen LogP contribution in [-0.2, 0) is 0 Å². The van der Waals surface area contributed by atoms with Crippen LogP contribution in [0.1, 0.15) is 13.8 Å². The van der Waals surface area contributed by atoms with E-state index in [1.807, 2.05) is 19.1 Å². The molecule has 17 heavy (non-hydrogen) atoms. The Labute approximate surface area is 108 Å². The van der Waals surface area contributed by atoms with Gasteiger partial charge < -0.3 is 15.4 Å². The minimum Gasteiger partial charge on any atom is -0.493 e. The second-order valence-electron chi connectivity index (χ2n) is 3.87. The number of nitrogens with two attached hydrogens (primary N) is 1. The molecule has 0 amide bonds. The summed E-state index contributed by atoms with van der Waals surface area (Å²) >= 11 is 5.00. The molecule has 0 radical (unpaired) electrons. The third kappa shape index (κ3) is 3.56. The molecule has 94 valence electrons. The minimum atomic E-state index is 0.150. The zero-order valence-corrected chi connectivity index (χ0v) is 11.3. The molecule has 1 rings (SSSR count). The summed E-state index contributed by atoms with van der Waals surface area (Å²) in [5, 5.41) is 0. The van der Waals surface area contributed by atoms with E-state index in [9.17, 15) is 0 Å². The van der Waals surface area contributed by atoms with Gasteiger partial charge in [0.15, 0.2) is 11.6 Å². The monoisotopic (exact) mass is 253 g/mol. The van der Waals surface area contributed by atoms with Gasteiger partial charge in [0, 0.05) is 25.2 Å². The van der Waals surface area contributed by atoms with Gasteiger partial charge in [-0.2, -0.15) is 0 Å². The average molecular weight is 253 g/mol. The second-order valence-corrected chi connectivity index (χ2v) is 4.34. The highest BCUT2D eigenvalue weighted by atomic mass is 32.1. The third-order valence-electron chi connectivity index (χ3n) is 2.63. The van der Waals surface area contributed by atoms with Crippen molar-refractivity contribution in [3.8, 4) is 5.75 Å². The number of aromatic nitrogens is 1. The lowest BCUT2D eigenvalue weighted by molar-refractivity contribution is 0.412. The van der Waals surface area contributed by atoms with Gasteiger partial charge in [0.1, 0.15) is 0 Å². The maximum absolute atomic E-state index is 5.64. The Morgan fingerprint density at radius 2 is 2.35 bits per heavy atom.